The van der Waals surface area contributed by atoms with Crippen LogP contribution in [0.3, 0.4) is 0 Å². The molecular formula is C18H17BrN4O2S2. The fraction of sp³-hybridized carbons (Fsp3) is 0.167. The summed E-state index contributed by atoms with van der Waals surface area (Å²) in [6.07, 6.45) is 2.05. The van der Waals surface area contributed by atoms with Crippen LogP contribution in [0.2, 0.25) is 0 Å². The number of nitrogens with one attached hydrogen (secondary N) is 2. The lowest BCUT2D eigenvalue weighted by atomic mass is 10.0. The topological polar surface area (TPSA) is 97.1 Å². The van der Waals surface area contributed by atoms with Gasteiger partial charge in [-0.15, -0.1) is 11.3 Å². The van der Waals surface area contributed by atoms with Crippen LogP contribution in [0.25, 0.3) is 10.2 Å². The summed E-state index contributed by atoms with van der Waals surface area (Å²) >= 11 is 6.57. The van der Waals surface area contributed by atoms with Gasteiger partial charge in [0, 0.05) is 10.2 Å². The summed E-state index contributed by atoms with van der Waals surface area (Å²) in [5.74, 6) is -0.220. The number of carbonyl (C=O) groups excluding carboxylic acids is 2. The van der Waals surface area contributed by atoms with Crippen molar-refractivity contribution in [3.05, 3.63) is 52.5 Å². The molecule has 1 heterocycles. The predicted octanol–water partition coefficient (Wildman–Crippen LogP) is 4.52. The molecule has 3 aromatic rings. The normalized spacial score (nSPS) is 11.9. The van der Waals surface area contributed by atoms with Crippen LogP contribution in [0, 0.1) is 0 Å². The van der Waals surface area contributed by atoms with E-state index in [1.54, 1.807) is 23.1 Å². The van der Waals surface area contributed by atoms with Crippen molar-refractivity contribution in [3.8, 4) is 0 Å². The summed E-state index contributed by atoms with van der Waals surface area (Å²) in [4.78, 5) is 28.4. The van der Waals surface area contributed by atoms with Crippen LogP contribution in [0.4, 0.5) is 10.5 Å². The molecule has 0 aliphatic rings. The minimum Gasteiger partial charge on any atom is -0.352 e. The fourth-order valence-corrected chi connectivity index (χ4v) is 4.56. The SMILES string of the molecule is CSc1nc2ccc(NC(=O)CC(NC(N)=O)c3cccc(Br)c3)cc2s1. The predicted molar refractivity (Wildman–Crippen MR) is 114 cm³/mol. The Morgan fingerprint density at radius 1 is 1.30 bits per heavy atom. The number of aromatic nitrogens is 1. The van der Waals surface area contributed by atoms with Gasteiger partial charge in [-0.05, 0) is 42.2 Å². The zero-order valence-electron chi connectivity index (χ0n) is 14.4. The molecule has 0 saturated heterocycles. The average molecular weight is 465 g/mol. The molecule has 0 bridgehead atoms. The van der Waals surface area contributed by atoms with Gasteiger partial charge in [-0.25, -0.2) is 9.78 Å². The maximum atomic E-state index is 12.5. The first-order chi connectivity index (χ1) is 12.9. The number of thioether (sulfide) groups is 1. The van der Waals surface area contributed by atoms with E-state index in [0.29, 0.717) is 5.69 Å². The number of amides is 3. The number of hydrogen-bond acceptors (Lipinski definition) is 5. The van der Waals surface area contributed by atoms with Crippen LogP contribution in [-0.4, -0.2) is 23.2 Å². The van der Waals surface area contributed by atoms with Crippen molar-refractivity contribution in [1.29, 1.82) is 0 Å². The second-order valence-corrected chi connectivity index (χ2v) is 8.73. The van der Waals surface area contributed by atoms with Crippen molar-refractivity contribution in [1.82, 2.24) is 10.3 Å². The fourth-order valence-electron chi connectivity index (χ4n) is 2.61. The highest BCUT2D eigenvalue weighted by Gasteiger charge is 2.18. The average Bonchev–Trinajstić information content (AvgIpc) is 3.03. The molecule has 140 valence electrons. The van der Waals surface area contributed by atoms with Gasteiger partial charge in [-0.3, -0.25) is 4.79 Å². The van der Waals surface area contributed by atoms with Crippen molar-refractivity contribution < 1.29 is 9.59 Å². The number of hydrogen-bond donors (Lipinski definition) is 3. The van der Waals surface area contributed by atoms with Crippen molar-refractivity contribution in [2.24, 2.45) is 5.73 Å². The highest BCUT2D eigenvalue weighted by Crippen LogP contribution is 2.30. The number of anilines is 1. The van der Waals surface area contributed by atoms with Crippen molar-refractivity contribution in [2.45, 2.75) is 16.8 Å². The highest BCUT2D eigenvalue weighted by atomic mass is 79.9. The van der Waals surface area contributed by atoms with E-state index in [0.717, 1.165) is 24.6 Å². The van der Waals surface area contributed by atoms with Crippen molar-refractivity contribution in [2.75, 3.05) is 11.6 Å². The molecule has 0 spiro atoms. The molecular weight excluding hydrogens is 448 g/mol. The van der Waals surface area contributed by atoms with Gasteiger partial charge < -0.3 is 16.4 Å². The molecule has 1 unspecified atom stereocenters. The van der Waals surface area contributed by atoms with Crippen LogP contribution in [0.15, 0.2) is 51.3 Å². The molecule has 9 heteroatoms. The van der Waals surface area contributed by atoms with Crippen LogP contribution in [0.5, 0.6) is 0 Å². The zero-order valence-corrected chi connectivity index (χ0v) is 17.6. The minimum absolute atomic E-state index is 0.0657. The summed E-state index contributed by atoms with van der Waals surface area (Å²) in [6.45, 7) is 0. The lowest BCUT2D eigenvalue weighted by Crippen LogP contribution is -2.35. The maximum absolute atomic E-state index is 12.5. The summed E-state index contributed by atoms with van der Waals surface area (Å²) in [5, 5.41) is 5.51. The monoisotopic (exact) mass is 464 g/mol. The summed E-state index contributed by atoms with van der Waals surface area (Å²) in [6, 6.07) is 11.8. The smallest absolute Gasteiger partial charge is 0.312 e. The maximum Gasteiger partial charge on any atom is 0.312 e. The number of halogens is 1. The van der Waals surface area contributed by atoms with Gasteiger partial charge in [-0.2, -0.15) is 0 Å². The highest BCUT2D eigenvalue weighted by molar-refractivity contribution is 9.10. The minimum atomic E-state index is -0.677. The molecule has 2 aromatic carbocycles. The van der Waals surface area contributed by atoms with E-state index in [1.807, 2.05) is 48.7 Å². The molecule has 1 aromatic heterocycles. The van der Waals surface area contributed by atoms with Gasteiger partial charge in [-0.1, -0.05) is 39.8 Å². The third-order valence-electron chi connectivity index (χ3n) is 3.78. The molecule has 3 amide bonds. The van der Waals surface area contributed by atoms with E-state index in [2.05, 4.69) is 31.5 Å². The number of primary amides is 1. The molecule has 3 rings (SSSR count). The number of rotatable bonds is 6. The van der Waals surface area contributed by atoms with Crippen molar-refractivity contribution >= 4 is 66.9 Å². The third kappa shape index (κ3) is 5.21. The lowest BCUT2D eigenvalue weighted by molar-refractivity contribution is -0.116. The quantitative estimate of drug-likeness (QED) is 0.467. The number of thiazole rings is 1. The number of nitrogens with two attached hydrogens (primary N) is 1. The Kier molecular flexibility index (Phi) is 6.35. The Labute approximate surface area is 173 Å². The second kappa shape index (κ2) is 8.73. The molecule has 0 saturated carbocycles. The summed E-state index contributed by atoms with van der Waals surface area (Å²) in [7, 11) is 0. The molecule has 0 fully saturated rings. The second-order valence-electron chi connectivity index (χ2n) is 5.73. The number of benzene rings is 2. The van der Waals surface area contributed by atoms with Crippen molar-refractivity contribution in [3.63, 3.8) is 0 Å². The Bertz CT molecular complexity index is 992. The molecule has 0 radical (unpaired) electrons. The first-order valence-electron chi connectivity index (χ1n) is 8.00. The molecule has 27 heavy (non-hydrogen) atoms. The zero-order chi connectivity index (χ0) is 19.4. The molecule has 0 aliphatic heterocycles. The van der Waals surface area contributed by atoms with E-state index < -0.39 is 12.1 Å². The number of fused-ring (bicyclic) bond motifs is 1. The van der Waals surface area contributed by atoms with Gasteiger partial charge in [0.25, 0.3) is 0 Å². The van der Waals surface area contributed by atoms with E-state index >= 15 is 0 Å². The van der Waals surface area contributed by atoms with E-state index in [1.165, 1.54) is 0 Å². The van der Waals surface area contributed by atoms with Gasteiger partial charge in [0.2, 0.25) is 5.91 Å². The number of urea groups is 1. The van der Waals surface area contributed by atoms with E-state index in [9.17, 15) is 9.59 Å². The van der Waals surface area contributed by atoms with Crippen LogP contribution >= 0.6 is 39.0 Å². The van der Waals surface area contributed by atoms with Gasteiger partial charge in [0.15, 0.2) is 4.34 Å². The van der Waals surface area contributed by atoms with Crippen LogP contribution in [-0.2, 0) is 4.79 Å². The molecule has 1 atom stereocenters. The Hall–Kier alpha value is -2.10. The Morgan fingerprint density at radius 3 is 2.81 bits per heavy atom. The largest absolute Gasteiger partial charge is 0.352 e. The first kappa shape index (κ1) is 19.7. The lowest BCUT2D eigenvalue weighted by Gasteiger charge is -2.18. The summed E-state index contributed by atoms with van der Waals surface area (Å²) in [5.41, 5.74) is 7.66. The number of nitrogens with zero attached hydrogens (tertiary/aromatic N) is 1. The molecule has 4 N–H and O–H groups in total. The molecule has 0 aliphatic carbocycles. The first-order valence-corrected chi connectivity index (χ1v) is 10.8. The van der Waals surface area contributed by atoms with E-state index in [4.69, 9.17) is 5.73 Å². The Balaban J connectivity index is 1.74. The number of carbonyl (C=O) groups is 2. The van der Waals surface area contributed by atoms with Gasteiger partial charge >= 0.3 is 6.03 Å². The third-order valence-corrected chi connectivity index (χ3v) is 6.28. The standard InChI is InChI=1S/C18H17BrN4O2S2/c1-26-18-23-13-6-5-12(8-15(13)27-18)21-16(24)9-14(22-17(20)25)10-3-2-4-11(19)7-10/h2-8,14H,9H2,1H3,(H,21,24)(H3,20,22,25). The Morgan fingerprint density at radius 2 is 2.11 bits per heavy atom. The summed E-state index contributed by atoms with van der Waals surface area (Å²) < 4.78 is 2.85. The van der Waals surface area contributed by atoms with E-state index in [-0.39, 0.29) is 12.3 Å². The van der Waals surface area contributed by atoms with Crippen LogP contribution in [0.1, 0.15) is 18.0 Å². The van der Waals surface area contributed by atoms with Gasteiger partial charge in [0.05, 0.1) is 22.7 Å². The van der Waals surface area contributed by atoms with Crippen LogP contribution < -0.4 is 16.4 Å². The molecule has 6 nitrogen and oxygen atoms in total. The van der Waals surface area contributed by atoms with Gasteiger partial charge in [0.1, 0.15) is 0 Å².